The largest absolute Gasteiger partial charge is 0.372 e. The van der Waals surface area contributed by atoms with E-state index in [2.05, 4.69) is 15.6 Å². The third-order valence-electron chi connectivity index (χ3n) is 1.87. The lowest BCUT2D eigenvalue weighted by molar-refractivity contribution is -0.116. The van der Waals surface area contributed by atoms with Crippen molar-refractivity contribution in [2.45, 2.75) is 13.8 Å². The average molecular weight is 240 g/mol. The molecule has 2 N–H and O–H groups in total. The third kappa shape index (κ3) is 5.82. The molecule has 0 aliphatic rings. The topological polar surface area (TPSA) is 76.0 Å². The van der Waals surface area contributed by atoms with Crippen LogP contribution in [0, 0.1) is 0 Å². The van der Waals surface area contributed by atoms with Crippen LogP contribution in [0.3, 0.4) is 0 Å². The predicted octanol–water partition coefficient (Wildman–Crippen LogP) is 0.459. The van der Waals surface area contributed by atoms with Gasteiger partial charge in [-0.05, 0) is 14.0 Å². The predicted molar refractivity (Wildman–Crippen MR) is 67.4 cm³/mol. The molecule has 6 heteroatoms. The molecule has 0 saturated carbocycles. The molecular weight excluding hydrogens is 220 g/mol. The molecule has 0 aliphatic heterocycles. The fraction of sp³-hybridized carbons (Fsp3) is 0.545. The van der Waals surface area contributed by atoms with Crippen molar-refractivity contribution in [2.24, 2.45) is 7.05 Å². The van der Waals surface area contributed by atoms with E-state index in [1.54, 1.807) is 38.8 Å². The van der Waals surface area contributed by atoms with Crippen molar-refractivity contribution in [2.75, 3.05) is 26.0 Å². The summed E-state index contributed by atoms with van der Waals surface area (Å²) >= 11 is 0. The number of aromatic nitrogens is 2. The van der Waals surface area contributed by atoms with Crippen LogP contribution in [0.5, 0.6) is 0 Å². The number of hydrogen-bond acceptors (Lipinski definition) is 5. The van der Waals surface area contributed by atoms with Gasteiger partial charge in [0.1, 0.15) is 11.6 Å². The minimum absolute atomic E-state index is 0.0194. The first-order valence-electron chi connectivity index (χ1n) is 5.28. The molecule has 96 valence electrons. The van der Waals surface area contributed by atoms with Gasteiger partial charge in [0.05, 0.1) is 6.54 Å². The Morgan fingerprint density at radius 1 is 1.35 bits per heavy atom. The van der Waals surface area contributed by atoms with E-state index in [1.807, 2.05) is 0 Å². The number of imidazole rings is 1. The number of likely N-dealkylation sites (N-methyl/N-ethyl adjacent to an activating group) is 1. The van der Waals surface area contributed by atoms with Gasteiger partial charge in [-0.25, -0.2) is 4.98 Å². The van der Waals surface area contributed by atoms with Crippen LogP contribution in [-0.2, 0) is 11.8 Å². The number of aryl methyl sites for hydroxylation is 1. The van der Waals surface area contributed by atoms with Crippen LogP contribution in [0.1, 0.15) is 24.5 Å². The molecule has 0 radical (unpaired) electrons. The second-order valence-electron chi connectivity index (χ2n) is 3.60. The minimum atomic E-state index is -0.0194. The summed E-state index contributed by atoms with van der Waals surface area (Å²) in [5, 5.41) is 5.58. The summed E-state index contributed by atoms with van der Waals surface area (Å²) in [6.07, 6.45) is 1.77. The summed E-state index contributed by atoms with van der Waals surface area (Å²) in [5.74, 6) is 1.36. The Labute approximate surface area is 101 Å². The molecular formula is C11H20N4O2. The van der Waals surface area contributed by atoms with Crippen LogP contribution in [-0.4, -0.2) is 41.8 Å². The normalized spacial score (nSPS) is 9.24. The first kappa shape index (κ1) is 15.3. The standard InChI is InChI=1S/C7H11N3O.C4H9NO/c1-5(11)7-9-6(8-2)4-10(7)3;1-4(6)3-5-2/h4,8H,1-3H3;5H,3H2,1-2H3. The molecule has 0 aromatic carbocycles. The number of Topliss-reactive ketones (excluding diaryl/α,β-unsaturated/α-hetero) is 2. The molecule has 1 heterocycles. The van der Waals surface area contributed by atoms with Crippen LogP contribution in [0.15, 0.2) is 6.20 Å². The Morgan fingerprint density at radius 2 is 1.94 bits per heavy atom. The van der Waals surface area contributed by atoms with Crippen molar-refractivity contribution >= 4 is 17.4 Å². The molecule has 0 unspecified atom stereocenters. The summed E-state index contributed by atoms with van der Waals surface area (Å²) < 4.78 is 1.70. The van der Waals surface area contributed by atoms with Gasteiger partial charge in [-0.3, -0.25) is 9.59 Å². The Kier molecular flexibility index (Phi) is 6.81. The molecule has 0 aliphatic carbocycles. The Balaban J connectivity index is 0.000000366. The van der Waals surface area contributed by atoms with E-state index in [1.165, 1.54) is 6.92 Å². The second kappa shape index (κ2) is 7.56. The number of nitrogens with zero attached hydrogens (tertiary/aromatic N) is 2. The molecule has 6 nitrogen and oxygen atoms in total. The maximum atomic E-state index is 10.9. The van der Waals surface area contributed by atoms with Crippen LogP contribution >= 0.6 is 0 Å². The molecule has 0 bridgehead atoms. The van der Waals surface area contributed by atoms with E-state index in [-0.39, 0.29) is 11.6 Å². The summed E-state index contributed by atoms with van der Waals surface area (Å²) in [6, 6.07) is 0. The van der Waals surface area contributed by atoms with E-state index in [0.29, 0.717) is 12.4 Å². The fourth-order valence-electron chi connectivity index (χ4n) is 1.16. The average Bonchev–Trinajstić information content (AvgIpc) is 2.60. The number of rotatable bonds is 4. The van der Waals surface area contributed by atoms with Gasteiger partial charge in [0, 0.05) is 27.2 Å². The highest BCUT2D eigenvalue weighted by molar-refractivity contribution is 5.91. The Bertz CT molecular complexity index is 385. The van der Waals surface area contributed by atoms with Gasteiger partial charge in [0.2, 0.25) is 0 Å². The smallest absolute Gasteiger partial charge is 0.195 e. The lowest BCUT2D eigenvalue weighted by Gasteiger charge is -1.91. The molecule has 1 aromatic heterocycles. The highest BCUT2D eigenvalue weighted by Gasteiger charge is 2.07. The number of ketones is 2. The number of anilines is 1. The summed E-state index contributed by atoms with van der Waals surface area (Å²) in [4.78, 5) is 24.9. The Hall–Kier alpha value is -1.69. The van der Waals surface area contributed by atoms with Gasteiger partial charge < -0.3 is 15.2 Å². The van der Waals surface area contributed by atoms with E-state index in [9.17, 15) is 9.59 Å². The van der Waals surface area contributed by atoms with Crippen molar-refractivity contribution in [1.29, 1.82) is 0 Å². The van der Waals surface area contributed by atoms with Crippen molar-refractivity contribution in [3.05, 3.63) is 12.0 Å². The molecule has 1 aromatic rings. The second-order valence-corrected chi connectivity index (χ2v) is 3.60. The monoisotopic (exact) mass is 240 g/mol. The summed E-state index contributed by atoms with van der Waals surface area (Å²) in [7, 11) is 5.32. The van der Waals surface area contributed by atoms with E-state index in [4.69, 9.17) is 0 Å². The maximum Gasteiger partial charge on any atom is 0.195 e. The van der Waals surface area contributed by atoms with Crippen LogP contribution in [0.4, 0.5) is 5.82 Å². The minimum Gasteiger partial charge on any atom is -0.372 e. The van der Waals surface area contributed by atoms with Crippen LogP contribution < -0.4 is 10.6 Å². The highest BCUT2D eigenvalue weighted by Crippen LogP contribution is 2.05. The number of carbonyl (C=O) groups excluding carboxylic acids is 2. The van der Waals surface area contributed by atoms with Gasteiger partial charge in [0.15, 0.2) is 11.6 Å². The Morgan fingerprint density at radius 3 is 2.12 bits per heavy atom. The van der Waals surface area contributed by atoms with Gasteiger partial charge in [-0.2, -0.15) is 0 Å². The SMILES string of the molecule is CNCC(C)=O.CNc1cn(C)c(C(C)=O)n1. The lowest BCUT2D eigenvalue weighted by Crippen LogP contribution is -2.14. The van der Waals surface area contributed by atoms with E-state index >= 15 is 0 Å². The van der Waals surface area contributed by atoms with Gasteiger partial charge in [0.25, 0.3) is 0 Å². The highest BCUT2D eigenvalue weighted by atomic mass is 16.1. The van der Waals surface area contributed by atoms with E-state index < -0.39 is 0 Å². The van der Waals surface area contributed by atoms with Crippen LogP contribution in [0.25, 0.3) is 0 Å². The molecule has 0 atom stereocenters. The zero-order valence-electron chi connectivity index (χ0n) is 11.0. The van der Waals surface area contributed by atoms with Gasteiger partial charge >= 0.3 is 0 Å². The zero-order valence-corrected chi connectivity index (χ0v) is 11.0. The summed E-state index contributed by atoms with van der Waals surface area (Å²) in [5.41, 5.74) is 0. The molecule has 0 saturated heterocycles. The number of carbonyl (C=O) groups is 2. The van der Waals surface area contributed by atoms with E-state index in [0.717, 1.165) is 5.82 Å². The third-order valence-corrected chi connectivity index (χ3v) is 1.87. The maximum absolute atomic E-state index is 10.9. The number of nitrogens with one attached hydrogen (secondary N) is 2. The van der Waals surface area contributed by atoms with Gasteiger partial charge in [-0.15, -0.1) is 0 Å². The molecule has 0 amide bonds. The molecule has 0 spiro atoms. The first-order valence-corrected chi connectivity index (χ1v) is 5.28. The van der Waals surface area contributed by atoms with Crippen molar-refractivity contribution in [1.82, 2.24) is 14.9 Å². The lowest BCUT2D eigenvalue weighted by atomic mass is 10.4. The summed E-state index contributed by atoms with van der Waals surface area (Å²) in [6.45, 7) is 3.54. The van der Waals surface area contributed by atoms with Crippen molar-refractivity contribution < 1.29 is 9.59 Å². The quantitative estimate of drug-likeness (QED) is 0.748. The van der Waals surface area contributed by atoms with Crippen molar-refractivity contribution in [3.8, 4) is 0 Å². The molecule has 1 rings (SSSR count). The van der Waals surface area contributed by atoms with Gasteiger partial charge in [-0.1, -0.05) is 0 Å². The zero-order chi connectivity index (χ0) is 13.4. The number of hydrogen-bond donors (Lipinski definition) is 2. The first-order chi connectivity index (χ1) is 7.92. The van der Waals surface area contributed by atoms with Crippen LogP contribution in [0.2, 0.25) is 0 Å². The fourth-order valence-corrected chi connectivity index (χ4v) is 1.16. The molecule has 0 fully saturated rings. The molecule has 17 heavy (non-hydrogen) atoms. The van der Waals surface area contributed by atoms with Crippen molar-refractivity contribution in [3.63, 3.8) is 0 Å².